The summed E-state index contributed by atoms with van der Waals surface area (Å²) in [6.07, 6.45) is 7.19. The highest BCUT2D eigenvalue weighted by Gasteiger charge is 2.29. The van der Waals surface area contributed by atoms with Gasteiger partial charge in [-0.05, 0) is 55.0 Å². The van der Waals surface area contributed by atoms with Gasteiger partial charge >= 0.3 is 0 Å². The first-order chi connectivity index (χ1) is 9.70. The van der Waals surface area contributed by atoms with Crippen molar-refractivity contribution in [2.45, 2.75) is 31.2 Å². The molecule has 1 heterocycles. The first-order valence-corrected chi connectivity index (χ1v) is 7.17. The van der Waals surface area contributed by atoms with E-state index in [9.17, 15) is 4.39 Å². The van der Waals surface area contributed by atoms with Gasteiger partial charge in [-0.15, -0.1) is 0 Å². The third-order valence-corrected chi connectivity index (χ3v) is 4.06. The molecule has 0 radical (unpaired) electrons. The molecule has 0 aliphatic heterocycles. The lowest BCUT2D eigenvalue weighted by Gasteiger charge is -2.36. The van der Waals surface area contributed by atoms with Gasteiger partial charge in [0.2, 0.25) is 0 Å². The lowest BCUT2D eigenvalue weighted by molar-refractivity contribution is 0.292. The molecule has 3 rings (SSSR count). The second-order valence-electron chi connectivity index (χ2n) is 5.65. The zero-order valence-electron chi connectivity index (χ0n) is 11.7. The van der Waals surface area contributed by atoms with Crippen LogP contribution in [0.1, 0.15) is 29.9 Å². The van der Waals surface area contributed by atoms with Crippen LogP contribution >= 0.6 is 0 Å². The van der Waals surface area contributed by atoms with Crippen LogP contribution in [0.3, 0.4) is 0 Å². The molecule has 1 N–H and O–H groups in total. The Bertz CT molecular complexity index is 573. The number of benzene rings is 1. The van der Waals surface area contributed by atoms with Crippen molar-refractivity contribution < 1.29 is 4.39 Å². The largest absolute Gasteiger partial charge is 0.314 e. The molecule has 0 atom stereocenters. The predicted octanol–water partition coefficient (Wildman–Crippen LogP) is 2.64. The Morgan fingerprint density at radius 2 is 2.25 bits per heavy atom. The van der Waals surface area contributed by atoms with Gasteiger partial charge < -0.3 is 5.32 Å². The minimum absolute atomic E-state index is 0.129. The maximum Gasteiger partial charge on any atom is 0.123 e. The average molecular weight is 273 g/mol. The van der Waals surface area contributed by atoms with Gasteiger partial charge in [-0.25, -0.2) is 4.39 Å². The fraction of sp³-hybridized carbons (Fsp3) is 0.438. The van der Waals surface area contributed by atoms with Crippen molar-refractivity contribution >= 4 is 0 Å². The normalized spacial score (nSPS) is 21.7. The minimum Gasteiger partial charge on any atom is -0.314 e. The van der Waals surface area contributed by atoms with Crippen LogP contribution in [-0.4, -0.2) is 22.4 Å². The summed E-state index contributed by atoms with van der Waals surface area (Å²) in [6.45, 7) is 0.978. The van der Waals surface area contributed by atoms with Crippen molar-refractivity contribution in [3.8, 4) is 0 Å². The van der Waals surface area contributed by atoms with E-state index in [1.807, 2.05) is 24.0 Å². The van der Waals surface area contributed by atoms with Gasteiger partial charge in [-0.2, -0.15) is 5.10 Å². The van der Waals surface area contributed by atoms with Crippen LogP contribution in [0.2, 0.25) is 0 Å². The molecule has 0 saturated heterocycles. The van der Waals surface area contributed by atoms with Gasteiger partial charge in [0.1, 0.15) is 5.82 Å². The summed E-state index contributed by atoms with van der Waals surface area (Å²) in [5.41, 5.74) is 2.40. The number of hydrogen-bond acceptors (Lipinski definition) is 2. The molecule has 2 aromatic rings. The Morgan fingerprint density at radius 1 is 1.40 bits per heavy atom. The van der Waals surface area contributed by atoms with Crippen molar-refractivity contribution in [2.24, 2.45) is 7.05 Å². The Morgan fingerprint density at radius 3 is 2.95 bits per heavy atom. The maximum atomic E-state index is 13.2. The van der Waals surface area contributed by atoms with Crippen LogP contribution in [0.4, 0.5) is 4.39 Å². The summed E-state index contributed by atoms with van der Waals surface area (Å²) in [6, 6.07) is 7.57. The molecular weight excluding hydrogens is 253 g/mol. The highest BCUT2D eigenvalue weighted by Crippen LogP contribution is 2.36. The van der Waals surface area contributed by atoms with Gasteiger partial charge in [0, 0.05) is 19.3 Å². The van der Waals surface area contributed by atoms with Crippen molar-refractivity contribution in [3.05, 3.63) is 53.6 Å². The maximum absolute atomic E-state index is 13.2. The van der Waals surface area contributed by atoms with Crippen LogP contribution in [0.15, 0.2) is 36.7 Å². The van der Waals surface area contributed by atoms with Crippen LogP contribution in [0.5, 0.6) is 0 Å². The first kappa shape index (κ1) is 13.3. The molecule has 1 aromatic heterocycles. The molecule has 0 unspecified atom stereocenters. The Hall–Kier alpha value is -1.68. The molecule has 1 aliphatic rings. The highest BCUT2D eigenvalue weighted by molar-refractivity contribution is 5.23. The first-order valence-electron chi connectivity index (χ1n) is 7.17. The molecule has 3 nitrogen and oxygen atoms in total. The van der Waals surface area contributed by atoms with Crippen molar-refractivity contribution in [1.82, 2.24) is 15.1 Å². The van der Waals surface area contributed by atoms with E-state index in [2.05, 4.69) is 16.6 Å². The Kier molecular flexibility index (Phi) is 3.83. The van der Waals surface area contributed by atoms with E-state index in [0.29, 0.717) is 12.0 Å². The standard InChI is InChI=1S/C16H20FN3/c1-20-11-12(10-19-20)5-6-18-16-8-14(9-16)13-3-2-4-15(17)7-13/h2-4,7,10-11,14,16,18H,5-6,8-9H2,1H3. The lowest BCUT2D eigenvalue weighted by atomic mass is 9.76. The summed E-state index contributed by atoms with van der Waals surface area (Å²) in [4.78, 5) is 0. The van der Waals surface area contributed by atoms with E-state index in [4.69, 9.17) is 0 Å². The highest BCUT2D eigenvalue weighted by atomic mass is 19.1. The number of nitrogens with zero attached hydrogens (tertiary/aromatic N) is 2. The van der Waals surface area contributed by atoms with Gasteiger partial charge in [0.25, 0.3) is 0 Å². The molecule has 1 aromatic carbocycles. The number of aromatic nitrogens is 2. The van der Waals surface area contributed by atoms with E-state index < -0.39 is 0 Å². The fourth-order valence-corrected chi connectivity index (χ4v) is 2.84. The topological polar surface area (TPSA) is 29.9 Å². The average Bonchev–Trinajstić information content (AvgIpc) is 2.78. The zero-order valence-corrected chi connectivity index (χ0v) is 11.7. The van der Waals surface area contributed by atoms with Crippen molar-refractivity contribution in [2.75, 3.05) is 6.54 Å². The third kappa shape index (κ3) is 3.07. The fourth-order valence-electron chi connectivity index (χ4n) is 2.84. The number of nitrogens with one attached hydrogen (secondary N) is 1. The molecule has 4 heteroatoms. The summed E-state index contributed by atoms with van der Waals surface area (Å²) in [7, 11) is 1.94. The number of halogens is 1. The predicted molar refractivity (Wildman–Crippen MR) is 77.1 cm³/mol. The zero-order chi connectivity index (χ0) is 13.9. The Labute approximate surface area is 118 Å². The SMILES string of the molecule is Cn1cc(CCNC2CC(c3cccc(F)c3)C2)cn1. The van der Waals surface area contributed by atoms with Gasteiger partial charge in [0.15, 0.2) is 0 Å². The summed E-state index contributed by atoms with van der Waals surface area (Å²) in [5.74, 6) is 0.386. The molecule has 20 heavy (non-hydrogen) atoms. The van der Waals surface area contributed by atoms with Gasteiger partial charge in [-0.3, -0.25) is 4.68 Å². The molecule has 0 spiro atoms. The quantitative estimate of drug-likeness (QED) is 0.907. The molecule has 1 saturated carbocycles. The van der Waals surface area contributed by atoms with Gasteiger partial charge in [0.05, 0.1) is 6.20 Å². The molecular formula is C16H20FN3. The number of hydrogen-bond donors (Lipinski definition) is 1. The third-order valence-electron chi connectivity index (χ3n) is 4.06. The summed E-state index contributed by atoms with van der Waals surface area (Å²) >= 11 is 0. The second kappa shape index (κ2) is 5.75. The van der Waals surface area contributed by atoms with E-state index >= 15 is 0 Å². The van der Waals surface area contributed by atoms with Crippen LogP contribution < -0.4 is 5.32 Å². The molecule has 1 fully saturated rings. The smallest absolute Gasteiger partial charge is 0.123 e. The van der Waals surface area contributed by atoms with Crippen LogP contribution in [-0.2, 0) is 13.5 Å². The molecule has 106 valence electrons. The van der Waals surface area contributed by atoms with E-state index in [-0.39, 0.29) is 5.82 Å². The van der Waals surface area contributed by atoms with E-state index in [1.165, 1.54) is 11.6 Å². The number of rotatable bonds is 5. The van der Waals surface area contributed by atoms with Crippen molar-refractivity contribution in [3.63, 3.8) is 0 Å². The van der Waals surface area contributed by atoms with Crippen LogP contribution in [0, 0.1) is 5.82 Å². The van der Waals surface area contributed by atoms with E-state index in [1.54, 1.807) is 12.1 Å². The Balaban J connectivity index is 1.40. The van der Waals surface area contributed by atoms with Crippen LogP contribution in [0.25, 0.3) is 0 Å². The van der Waals surface area contributed by atoms with Gasteiger partial charge in [-0.1, -0.05) is 12.1 Å². The molecule has 0 amide bonds. The molecule has 0 bridgehead atoms. The van der Waals surface area contributed by atoms with E-state index in [0.717, 1.165) is 31.4 Å². The number of aryl methyl sites for hydroxylation is 1. The second-order valence-corrected chi connectivity index (χ2v) is 5.65. The summed E-state index contributed by atoms with van der Waals surface area (Å²) in [5, 5.41) is 7.72. The monoisotopic (exact) mass is 273 g/mol. The summed E-state index contributed by atoms with van der Waals surface area (Å²) < 4.78 is 15.0. The minimum atomic E-state index is -0.129. The van der Waals surface area contributed by atoms with Crippen molar-refractivity contribution in [1.29, 1.82) is 0 Å². The molecule has 1 aliphatic carbocycles. The lowest BCUT2D eigenvalue weighted by Crippen LogP contribution is -2.40.